The van der Waals surface area contributed by atoms with Crippen LogP contribution in [0.25, 0.3) is 17.3 Å². The largest absolute Gasteiger partial charge is 0.378 e. The van der Waals surface area contributed by atoms with E-state index < -0.39 is 16.8 Å². The molecule has 2 aliphatic heterocycles. The van der Waals surface area contributed by atoms with E-state index in [0.717, 1.165) is 11.3 Å². The van der Waals surface area contributed by atoms with Gasteiger partial charge in [-0.15, -0.1) is 0 Å². The Morgan fingerprint density at radius 2 is 1.83 bits per heavy atom. The summed E-state index contributed by atoms with van der Waals surface area (Å²) in [6, 6.07) is 16.5. The number of nitrogens with one attached hydrogen (secondary N) is 3. The average Bonchev–Trinajstić information content (AvgIpc) is 3.52. The molecule has 0 fully saturated rings. The number of rotatable bonds is 7. The van der Waals surface area contributed by atoms with Crippen molar-refractivity contribution in [3.63, 3.8) is 0 Å². The van der Waals surface area contributed by atoms with Crippen molar-refractivity contribution in [1.29, 1.82) is 0 Å². The molecule has 41 heavy (non-hydrogen) atoms. The van der Waals surface area contributed by atoms with Gasteiger partial charge in [-0.1, -0.05) is 24.3 Å². The highest BCUT2D eigenvalue weighted by atomic mass is 16.6. The van der Waals surface area contributed by atoms with E-state index in [1.807, 2.05) is 69.2 Å². The number of amides is 1. The van der Waals surface area contributed by atoms with Crippen molar-refractivity contribution in [2.45, 2.75) is 26.7 Å². The van der Waals surface area contributed by atoms with Gasteiger partial charge in [-0.3, -0.25) is 19.7 Å². The third kappa shape index (κ3) is 5.16. The number of nitrogens with zero attached hydrogens (tertiary/aromatic N) is 3. The zero-order valence-electron chi connectivity index (χ0n) is 23.6. The number of aliphatic imine (C=N–C) groups is 1. The van der Waals surface area contributed by atoms with E-state index in [-0.39, 0.29) is 23.1 Å². The number of ketones is 1. The van der Waals surface area contributed by atoms with Crippen LogP contribution in [0.5, 0.6) is 0 Å². The summed E-state index contributed by atoms with van der Waals surface area (Å²) < 4.78 is 0. The van der Waals surface area contributed by atoms with Crippen LogP contribution in [-0.4, -0.2) is 48.1 Å². The lowest BCUT2D eigenvalue weighted by Gasteiger charge is -2.33. The molecule has 5 rings (SSSR count). The topological polar surface area (TPSA) is 133 Å². The summed E-state index contributed by atoms with van der Waals surface area (Å²) in [6.07, 6.45) is 1.68. The number of aromatic amines is 1. The molecular weight excluding hydrogens is 520 g/mol. The summed E-state index contributed by atoms with van der Waals surface area (Å²) in [6.45, 7) is 5.85. The van der Waals surface area contributed by atoms with Gasteiger partial charge in [0.15, 0.2) is 5.78 Å². The number of hydrogen-bond donors (Lipinski definition) is 3. The quantitative estimate of drug-likeness (QED) is 0.221. The Balaban J connectivity index is 1.50. The number of aryl methyl sites for hydroxylation is 1. The minimum Gasteiger partial charge on any atom is -0.378 e. The van der Waals surface area contributed by atoms with Crippen molar-refractivity contribution in [2.75, 3.05) is 25.5 Å². The molecule has 0 aliphatic carbocycles. The molecule has 3 N–H and O–H groups in total. The number of H-pyrrole nitrogens is 1. The van der Waals surface area contributed by atoms with E-state index in [0.29, 0.717) is 46.2 Å². The molecule has 10 heteroatoms. The molecule has 1 amide bonds. The summed E-state index contributed by atoms with van der Waals surface area (Å²) in [5.41, 5.74) is 5.91. The Kier molecular flexibility index (Phi) is 7.32. The maximum atomic E-state index is 13.9. The summed E-state index contributed by atoms with van der Waals surface area (Å²) in [7, 11) is 3.91. The zero-order chi connectivity index (χ0) is 29.4. The molecule has 3 aromatic rings. The molecule has 2 unspecified atom stereocenters. The molecule has 0 spiro atoms. The number of fused-ring (bicyclic) bond motifs is 1. The number of likely N-dealkylation sites (N-methyl/N-ethyl adjacent to an activating group) is 1. The maximum absolute atomic E-state index is 13.9. The third-order valence-electron chi connectivity index (χ3n) is 7.50. The van der Waals surface area contributed by atoms with Gasteiger partial charge in [0.05, 0.1) is 10.8 Å². The minimum absolute atomic E-state index is 0.0416. The molecule has 2 aromatic carbocycles. The molecule has 0 saturated heterocycles. The van der Waals surface area contributed by atoms with Gasteiger partial charge in [-0.05, 0) is 56.7 Å². The Morgan fingerprint density at radius 3 is 2.49 bits per heavy atom. The number of nitro groups is 1. The highest BCUT2D eigenvalue weighted by Crippen LogP contribution is 2.42. The van der Waals surface area contributed by atoms with E-state index in [1.165, 1.54) is 6.07 Å². The summed E-state index contributed by atoms with van der Waals surface area (Å²) in [5, 5.41) is 17.5. The number of benzene rings is 2. The summed E-state index contributed by atoms with van der Waals surface area (Å²) in [5.74, 6) is -1.09. The van der Waals surface area contributed by atoms with Crippen LogP contribution in [0.15, 0.2) is 76.6 Å². The first-order chi connectivity index (χ1) is 19.6. The third-order valence-corrected chi connectivity index (χ3v) is 7.50. The lowest BCUT2D eigenvalue weighted by molar-refractivity contribution is -0.385. The maximum Gasteiger partial charge on any atom is 0.272 e. The molecule has 0 bridgehead atoms. The second-order valence-electron chi connectivity index (χ2n) is 10.4. The predicted octanol–water partition coefficient (Wildman–Crippen LogP) is 4.70. The average molecular weight is 553 g/mol. The van der Waals surface area contributed by atoms with Crippen LogP contribution in [0.4, 0.5) is 11.4 Å². The van der Waals surface area contributed by atoms with Gasteiger partial charge < -0.3 is 20.5 Å². The predicted molar refractivity (Wildman–Crippen MR) is 160 cm³/mol. The first-order valence-corrected chi connectivity index (χ1v) is 13.4. The fourth-order valence-corrected chi connectivity index (χ4v) is 5.41. The molecule has 1 aromatic heterocycles. The highest BCUT2D eigenvalue weighted by Gasteiger charge is 2.47. The molecular formula is C31H32N6O4. The first kappa shape index (κ1) is 27.6. The molecule has 0 radical (unpaired) electrons. The van der Waals surface area contributed by atoms with Crippen molar-refractivity contribution in [3.05, 3.63) is 98.5 Å². The Morgan fingerprint density at radius 1 is 1.10 bits per heavy atom. The van der Waals surface area contributed by atoms with Crippen molar-refractivity contribution in [3.8, 4) is 11.3 Å². The molecule has 210 valence electrons. The molecule has 10 nitrogen and oxygen atoms in total. The van der Waals surface area contributed by atoms with Gasteiger partial charge in [0.2, 0.25) is 5.91 Å². The number of amidine groups is 1. The van der Waals surface area contributed by atoms with Crippen molar-refractivity contribution in [2.24, 2.45) is 10.9 Å². The van der Waals surface area contributed by atoms with Crippen LogP contribution in [0.1, 0.15) is 36.6 Å². The number of Topliss-reactive ketones (excluding diaryl/α,β-unsaturated/α-hetero) is 1. The van der Waals surface area contributed by atoms with E-state index in [1.54, 1.807) is 25.1 Å². The highest BCUT2D eigenvalue weighted by molar-refractivity contribution is 6.22. The van der Waals surface area contributed by atoms with Crippen molar-refractivity contribution in [1.82, 2.24) is 15.6 Å². The number of carbonyl (C=O) groups excluding carboxylic acids is 2. The Labute approximate surface area is 238 Å². The van der Waals surface area contributed by atoms with Gasteiger partial charge in [0.1, 0.15) is 11.5 Å². The SMILES string of the molecule is CCNC(=O)C1=C(C)NC2=N/C(=C\c3ccc(-c4ccc(C)c([N+](=O)[O-])c4)[nH]3)C(=O)C2C1c1ccc(N(C)C)cc1. The standard InChI is InChI=1S/C31H32N6O4/c1-6-32-31(39)26-18(3)33-30-28(27(26)19-9-12-22(13-10-19)36(4)5)29(38)24(35-30)16-21-11-14-23(34-21)20-8-7-17(2)25(15-20)37(40)41/h7-16,27-28,34H,6H2,1-5H3,(H,32,39)(H,33,35)/b24-16-. The fourth-order valence-electron chi connectivity index (χ4n) is 5.41. The number of nitro benzene ring substituents is 1. The van der Waals surface area contributed by atoms with Gasteiger partial charge in [0, 0.05) is 72.1 Å². The lowest BCUT2D eigenvalue weighted by Crippen LogP contribution is -2.44. The van der Waals surface area contributed by atoms with Crippen LogP contribution in [0.3, 0.4) is 0 Å². The molecule has 3 heterocycles. The van der Waals surface area contributed by atoms with Gasteiger partial charge in [-0.2, -0.15) is 0 Å². The summed E-state index contributed by atoms with van der Waals surface area (Å²) in [4.78, 5) is 48.0. The first-order valence-electron chi connectivity index (χ1n) is 13.4. The van der Waals surface area contributed by atoms with E-state index in [2.05, 4.69) is 20.6 Å². The second-order valence-corrected chi connectivity index (χ2v) is 10.4. The van der Waals surface area contributed by atoms with Gasteiger partial charge >= 0.3 is 0 Å². The smallest absolute Gasteiger partial charge is 0.272 e. The monoisotopic (exact) mass is 552 g/mol. The van der Waals surface area contributed by atoms with Crippen LogP contribution in [-0.2, 0) is 9.59 Å². The van der Waals surface area contributed by atoms with Gasteiger partial charge in [-0.25, -0.2) is 4.99 Å². The Hall–Kier alpha value is -4.99. The molecule has 2 aliphatic rings. The second kappa shape index (κ2) is 10.9. The normalized spacial score (nSPS) is 19.1. The number of allylic oxidation sites excluding steroid dienone is 2. The van der Waals surface area contributed by atoms with Crippen LogP contribution < -0.4 is 15.5 Å². The number of carbonyl (C=O) groups is 2. The molecule has 2 atom stereocenters. The fraction of sp³-hybridized carbons (Fsp3) is 0.258. The van der Waals surface area contributed by atoms with E-state index >= 15 is 0 Å². The van der Waals surface area contributed by atoms with Crippen LogP contribution in [0.2, 0.25) is 0 Å². The number of aromatic nitrogens is 1. The van der Waals surface area contributed by atoms with Crippen LogP contribution in [0, 0.1) is 23.0 Å². The van der Waals surface area contributed by atoms with E-state index in [4.69, 9.17) is 0 Å². The van der Waals surface area contributed by atoms with Crippen molar-refractivity contribution >= 4 is 35.0 Å². The summed E-state index contributed by atoms with van der Waals surface area (Å²) >= 11 is 0. The van der Waals surface area contributed by atoms with Gasteiger partial charge in [0.25, 0.3) is 5.69 Å². The molecule has 0 saturated carbocycles. The number of hydrogen-bond acceptors (Lipinski definition) is 7. The van der Waals surface area contributed by atoms with E-state index in [9.17, 15) is 19.7 Å². The minimum atomic E-state index is -0.679. The zero-order valence-corrected chi connectivity index (χ0v) is 23.6. The van der Waals surface area contributed by atoms with Crippen LogP contribution >= 0.6 is 0 Å². The van der Waals surface area contributed by atoms with Crippen molar-refractivity contribution < 1.29 is 14.5 Å². The Bertz CT molecular complexity index is 1640. The lowest BCUT2D eigenvalue weighted by atomic mass is 9.74. The number of anilines is 1.